The van der Waals surface area contributed by atoms with Gasteiger partial charge in [0.05, 0.1) is 0 Å². The lowest BCUT2D eigenvalue weighted by molar-refractivity contribution is 0.254. The van der Waals surface area contributed by atoms with Gasteiger partial charge in [-0.2, -0.15) is 0 Å². The molecule has 1 aromatic carbocycles. The summed E-state index contributed by atoms with van der Waals surface area (Å²) in [6.07, 6.45) is 0. The third-order valence-electron chi connectivity index (χ3n) is 2.49. The van der Waals surface area contributed by atoms with Crippen LogP contribution in [0.15, 0.2) is 22.7 Å². The first-order chi connectivity index (χ1) is 7.80. The van der Waals surface area contributed by atoms with Crippen LogP contribution in [0.25, 0.3) is 0 Å². The summed E-state index contributed by atoms with van der Waals surface area (Å²) in [7, 11) is 4.20. The molecule has 0 spiro atoms. The molecule has 17 heavy (non-hydrogen) atoms. The minimum atomic E-state index is 0.227. The molecule has 0 unspecified atom stereocenters. The lowest BCUT2D eigenvalue weighted by Crippen LogP contribution is -2.34. The Bertz CT molecular complexity index is 375. The lowest BCUT2D eigenvalue weighted by Gasteiger charge is -2.29. The standard InChI is InChI=1S/C13H22BrN3/c1-13(2,9-17(3)4)8-16-12-6-5-10(15)7-11(12)14/h5-7,16H,8-9,15H2,1-4H3. The SMILES string of the molecule is CN(C)CC(C)(C)CNc1ccc(N)cc1Br. The minimum Gasteiger partial charge on any atom is -0.399 e. The van der Waals surface area contributed by atoms with E-state index in [2.05, 4.69) is 54.1 Å². The van der Waals surface area contributed by atoms with Crippen LogP contribution in [0.5, 0.6) is 0 Å². The molecule has 1 rings (SSSR count). The number of anilines is 2. The first-order valence-corrected chi connectivity index (χ1v) is 6.53. The van der Waals surface area contributed by atoms with Gasteiger partial charge < -0.3 is 16.0 Å². The van der Waals surface area contributed by atoms with Gasteiger partial charge in [0.2, 0.25) is 0 Å². The zero-order valence-corrected chi connectivity index (χ0v) is 12.6. The molecule has 96 valence electrons. The van der Waals surface area contributed by atoms with Crippen molar-refractivity contribution in [2.45, 2.75) is 13.8 Å². The van der Waals surface area contributed by atoms with Crippen LogP contribution in [-0.4, -0.2) is 32.1 Å². The summed E-state index contributed by atoms with van der Waals surface area (Å²) >= 11 is 3.51. The summed E-state index contributed by atoms with van der Waals surface area (Å²) in [4.78, 5) is 2.21. The molecule has 0 saturated carbocycles. The molecule has 3 N–H and O–H groups in total. The quantitative estimate of drug-likeness (QED) is 0.821. The summed E-state index contributed by atoms with van der Waals surface area (Å²) in [6.45, 7) is 6.48. The zero-order valence-electron chi connectivity index (χ0n) is 11.0. The number of benzene rings is 1. The van der Waals surface area contributed by atoms with E-state index < -0.39 is 0 Å². The van der Waals surface area contributed by atoms with Gasteiger partial charge in [-0.25, -0.2) is 0 Å². The van der Waals surface area contributed by atoms with Crippen LogP contribution in [0, 0.1) is 5.41 Å². The third-order valence-corrected chi connectivity index (χ3v) is 3.15. The highest BCUT2D eigenvalue weighted by molar-refractivity contribution is 9.10. The molecule has 0 radical (unpaired) electrons. The number of hydrogen-bond donors (Lipinski definition) is 2. The highest BCUT2D eigenvalue weighted by Gasteiger charge is 2.18. The number of nitrogens with one attached hydrogen (secondary N) is 1. The number of halogens is 1. The molecule has 0 amide bonds. The first kappa shape index (κ1) is 14.3. The fourth-order valence-corrected chi connectivity index (χ4v) is 2.46. The molecule has 0 heterocycles. The van der Waals surface area contributed by atoms with E-state index in [4.69, 9.17) is 5.73 Å². The minimum absolute atomic E-state index is 0.227. The zero-order chi connectivity index (χ0) is 13.1. The fourth-order valence-electron chi connectivity index (χ4n) is 1.92. The highest BCUT2D eigenvalue weighted by atomic mass is 79.9. The molecule has 0 bridgehead atoms. The van der Waals surface area contributed by atoms with Crippen molar-refractivity contribution < 1.29 is 0 Å². The summed E-state index contributed by atoms with van der Waals surface area (Å²) in [5, 5.41) is 3.46. The Morgan fingerprint density at radius 3 is 2.53 bits per heavy atom. The van der Waals surface area contributed by atoms with E-state index in [0.29, 0.717) is 0 Å². The molecular weight excluding hydrogens is 278 g/mol. The Kier molecular flexibility index (Phi) is 4.83. The molecule has 0 aliphatic rings. The van der Waals surface area contributed by atoms with Gasteiger partial charge in [0.1, 0.15) is 0 Å². The van der Waals surface area contributed by atoms with Gasteiger partial charge in [0.25, 0.3) is 0 Å². The second kappa shape index (κ2) is 5.74. The van der Waals surface area contributed by atoms with Crippen molar-refractivity contribution in [3.63, 3.8) is 0 Å². The van der Waals surface area contributed by atoms with Crippen molar-refractivity contribution in [2.75, 3.05) is 38.2 Å². The van der Waals surface area contributed by atoms with Gasteiger partial charge in [-0.05, 0) is 53.6 Å². The van der Waals surface area contributed by atoms with Crippen LogP contribution in [-0.2, 0) is 0 Å². The van der Waals surface area contributed by atoms with Crippen LogP contribution >= 0.6 is 15.9 Å². The predicted molar refractivity (Wildman–Crippen MR) is 79.4 cm³/mol. The van der Waals surface area contributed by atoms with Gasteiger partial charge >= 0.3 is 0 Å². The number of nitrogen functional groups attached to an aromatic ring is 1. The van der Waals surface area contributed by atoms with E-state index in [0.717, 1.165) is 28.9 Å². The van der Waals surface area contributed by atoms with Crippen LogP contribution in [0.2, 0.25) is 0 Å². The van der Waals surface area contributed by atoms with Gasteiger partial charge in [0.15, 0.2) is 0 Å². The van der Waals surface area contributed by atoms with Crippen molar-refractivity contribution in [2.24, 2.45) is 5.41 Å². The van der Waals surface area contributed by atoms with Gasteiger partial charge in [-0.1, -0.05) is 13.8 Å². The van der Waals surface area contributed by atoms with Crippen molar-refractivity contribution in [1.82, 2.24) is 4.90 Å². The fraction of sp³-hybridized carbons (Fsp3) is 0.538. The molecule has 0 aliphatic heterocycles. The molecule has 0 aliphatic carbocycles. The predicted octanol–water partition coefficient (Wildman–Crippen LogP) is 3.03. The van der Waals surface area contributed by atoms with E-state index in [9.17, 15) is 0 Å². The van der Waals surface area contributed by atoms with E-state index in [1.165, 1.54) is 0 Å². The maximum atomic E-state index is 5.71. The topological polar surface area (TPSA) is 41.3 Å². The molecule has 0 fully saturated rings. The van der Waals surface area contributed by atoms with E-state index >= 15 is 0 Å². The Balaban J connectivity index is 2.61. The van der Waals surface area contributed by atoms with Crippen molar-refractivity contribution >= 4 is 27.3 Å². The molecule has 0 atom stereocenters. The maximum Gasteiger partial charge on any atom is 0.0486 e. The molecular formula is C13H22BrN3. The molecule has 4 heteroatoms. The second-order valence-corrected chi connectivity index (χ2v) is 6.35. The monoisotopic (exact) mass is 299 g/mol. The Labute approximate surface area is 113 Å². The normalized spacial score (nSPS) is 11.9. The highest BCUT2D eigenvalue weighted by Crippen LogP contribution is 2.26. The van der Waals surface area contributed by atoms with Crippen LogP contribution in [0.4, 0.5) is 11.4 Å². The van der Waals surface area contributed by atoms with Crippen LogP contribution < -0.4 is 11.1 Å². The number of rotatable bonds is 5. The van der Waals surface area contributed by atoms with Crippen LogP contribution in [0.3, 0.4) is 0 Å². The molecule has 1 aromatic rings. The van der Waals surface area contributed by atoms with Crippen molar-refractivity contribution in [1.29, 1.82) is 0 Å². The Morgan fingerprint density at radius 2 is 2.00 bits per heavy atom. The summed E-state index contributed by atoms with van der Waals surface area (Å²) in [6, 6.07) is 5.83. The van der Waals surface area contributed by atoms with Crippen LogP contribution in [0.1, 0.15) is 13.8 Å². The maximum absolute atomic E-state index is 5.71. The first-order valence-electron chi connectivity index (χ1n) is 5.74. The number of hydrogen-bond acceptors (Lipinski definition) is 3. The number of nitrogens with two attached hydrogens (primary N) is 1. The molecule has 0 aromatic heterocycles. The Hall–Kier alpha value is -0.740. The average molecular weight is 300 g/mol. The smallest absolute Gasteiger partial charge is 0.0486 e. The van der Waals surface area contributed by atoms with Crippen molar-refractivity contribution in [3.8, 4) is 0 Å². The number of nitrogens with zero attached hydrogens (tertiary/aromatic N) is 1. The van der Waals surface area contributed by atoms with E-state index in [-0.39, 0.29) is 5.41 Å². The second-order valence-electron chi connectivity index (χ2n) is 5.49. The summed E-state index contributed by atoms with van der Waals surface area (Å²) in [5.74, 6) is 0. The summed E-state index contributed by atoms with van der Waals surface area (Å²) in [5.41, 5.74) is 7.80. The molecule has 3 nitrogen and oxygen atoms in total. The summed E-state index contributed by atoms with van der Waals surface area (Å²) < 4.78 is 1.01. The lowest BCUT2D eigenvalue weighted by atomic mass is 9.93. The van der Waals surface area contributed by atoms with Gasteiger partial charge in [-0.3, -0.25) is 0 Å². The third kappa shape index (κ3) is 4.96. The van der Waals surface area contributed by atoms with Gasteiger partial charge in [0, 0.05) is 28.9 Å². The van der Waals surface area contributed by atoms with E-state index in [1.54, 1.807) is 0 Å². The molecule has 0 saturated heterocycles. The average Bonchev–Trinajstić information content (AvgIpc) is 2.14. The van der Waals surface area contributed by atoms with Gasteiger partial charge in [-0.15, -0.1) is 0 Å². The Morgan fingerprint density at radius 1 is 1.35 bits per heavy atom. The van der Waals surface area contributed by atoms with Crippen molar-refractivity contribution in [3.05, 3.63) is 22.7 Å². The largest absolute Gasteiger partial charge is 0.399 e. The van der Waals surface area contributed by atoms with E-state index in [1.807, 2.05) is 18.2 Å².